The highest BCUT2D eigenvalue weighted by Gasteiger charge is 2.18. The molecular weight excluding hydrogens is 356 g/mol. The van der Waals surface area contributed by atoms with Gasteiger partial charge < -0.3 is 15.2 Å². The van der Waals surface area contributed by atoms with Gasteiger partial charge in [-0.1, -0.05) is 11.6 Å². The van der Waals surface area contributed by atoms with Crippen LogP contribution < -0.4 is 10.2 Å². The second-order valence-electron chi connectivity index (χ2n) is 6.98. The first-order valence-corrected chi connectivity index (χ1v) is 10.4. The number of nitrogens with one attached hydrogen (secondary N) is 2. The summed E-state index contributed by atoms with van der Waals surface area (Å²) in [7, 11) is 0. The van der Waals surface area contributed by atoms with Gasteiger partial charge in [0.15, 0.2) is 5.82 Å². The molecule has 0 radical (unpaired) electrons. The zero-order valence-corrected chi connectivity index (χ0v) is 16.5. The molecule has 0 aliphatic carbocycles. The van der Waals surface area contributed by atoms with Gasteiger partial charge in [0, 0.05) is 47.4 Å². The van der Waals surface area contributed by atoms with Crippen LogP contribution in [-0.4, -0.2) is 40.5 Å². The van der Waals surface area contributed by atoms with E-state index in [0.29, 0.717) is 6.42 Å². The summed E-state index contributed by atoms with van der Waals surface area (Å²) < 4.78 is 0. The van der Waals surface area contributed by atoms with Gasteiger partial charge in [0.25, 0.3) is 0 Å². The molecule has 1 saturated heterocycles. The van der Waals surface area contributed by atoms with Gasteiger partial charge in [-0.25, -0.2) is 4.98 Å². The number of carbonyl (C=O) groups is 1. The molecule has 0 bridgehead atoms. The second kappa shape index (κ2) is 7.64. The van der Waals surface area contributed by atoms with Crippen LogP contribution in [0.2, 0.25) is 0 Å². The molecule has 3 heterocycles. The fraction of sp³-hybridized carbons (Fsp3) is 0.333. The predicted octanol–water partition coefficient (Wildman–Crippen LogP) is 3.91. The summed E-state index contributed by atoms with van der Waals surface area (Å²) in [5.74, 6) is 3.05. The number of fused-ring (bicyclic) bond motifs is 1. The Labute approximate surface area is 163 Å². The van der Waals surface area contributed by atoms with Crippen LogP contribution in [0.5, 0.6) is 0 Å². The standard InChI is InChI=1S/C21H24N4OS/c1-14-5-6-18-17(12-14)16(15(2)23-18)13-20(26)24-19-4-3-7-22-21(19)25-8-10-27-11-9-25/h3-7,12,23H,8-11,13H2,1-2H3,(H,24,26). The van der Waals surface area contributed by atoms with Crippen molar-refractivity contribution in [2.24, 2.45) is 0 Å². The zero-order valence-electron chi connectivity index (χ0n) is 15.7. The maximum Gasteiger partial charge on any atom is 0.228 e. The maximum atomic E-state index is 12.8. The van der Waals surface area contributed by atoms with E-state index < -0.39 is 0 Å². The predicted molar refractivity (Wildman–Crippen MR) is 114 cm³/mol. The Bertz CT molecular complexity index is 975. The number of anilines is 2. The molecule has 27 heavy (non-hydrogen) atoms. The van der Waals surface area contributed by atoms with E-state index in [1.54, 1.807) is 6.20 Å². The number of aromatic amines is 1. The number of rotatable bonds is 4. The van der Waals surface area contributed by atoms with E-state index in [4.69, 9.17) is 0 Å². The van der Waals surface area contributed by atoms with Gasteiger partial charge in [0.1, 0.15) is 0 Å². The number of pyridine rings is 1. The van der Waals surface area contributed by atoms with E-state index >= 15 is 0 Å². The van der Waals surface area contributed by atoms with Crippen molar-refractivity contribution in [2.45, 2.75) is 20.3 Å². The van der Waals surface area contributed by atoms with Crippen LogP contribution in [0.3, 0.4) is 0 Å². The summed E-state index contributed by atoms with van der Waals surface area (Å²) in [6.45, 7) is 6.03. The van der Waals surface area contributed by atoms with Gasteiger partial charge in [0.2, 0.25) is 5.91 Å². The highest BCUT2D eigenvalue weighted by atomic mass is 32.2. The van der Waals surface area contributed by atoms with Crippen molar-refractivity contribution in [1.82, 2.24) is 9.97 Å². The average Bonchev–Trinajstić information content (AvgIpc) is 2.98. The quantitative estimate of drug-likeness (QED) is 0.720. The lowest BCUT2D eigenvalue weighted by Gasteiger charge is -2.29. The van der Waals surface area contributed by atoms with E-state index in [-0.39, 0.29) is 5.91 Å². The maximum absolute atomic E-state index is 12.8. The first kappa shape index (κ1) is 17.9. The Hall–Kier alpha value is -2.47. The van der Waals surface area contributed by atoms with E-state index in [0.717, 1.165) is 58.3 Å². The molecule has 3 aromatic rings. The van der Waals surface area contributed by atoms with Crippen LogP contribution in [0, 0.1) is 13.8 Å². The summed E-state index contributed by atoms with van der Waals surface area (Å²) >= 11 is 1.96. The molecular formula is C21H24N4OS. The Morgan fingerprint density at radius 1 is 1.26 bits per heavy atom. The number of H-pyrrole nitrogens is 1. The van der Waals surface area contributed by atoms with E-state index in [2.05, 4.69) is 45.3 Å². The number of nitrogens with zero attached hydrogens (tertiary/aromatic N) is 2. The third-order valence-corrected chi connectivity index (χ3v) is 5.93. The van der Waals surface area contributed by atoms with Gasteiger partial charge in [0.05, 0.1) is 12.1 Å². The minimum atomic E-state index is -0.0128. The zero-order chi connectivity index (χ0) is 18.8. The average molecular weight is 381 g/mol. The van der Waals surface area contributed by atoms with Gasteiger partial charge >= 0.3 is 0 Å². The van der Waals surface area contributed by atoms with Gasteiger partial charge in [-0.05, 0) is 43.7 Å². The highest BCUT2D eigenvalue weighted by Crippen LogP contribution is 2.27. The van der Waals surface area contributed by atoms with E-state index in [1.165, 1.54) is 5.56 Å². The molecule has 0 atom stereocenters. The van der Waals surface area contributed by atoms with Crippen molar-refractivity contribution in [2.75, 3.05) is 34.8 Å². The lowest BCUT2D eigenvalue weighted by Crippen LogP contribution is -2.34. The summed E-state index contributed by atoms with van der Waals surface area (Å²) in [4.78, 5) is 23.0. The molecule has 1 aliphatic rings. The number of hydrogen-bond acceptors (Lipinski definition) is 4. The molecule has 1 amide bonds. The van der Waals surface area contributed by atoms with Crippen LogP contribution >= 0.6 is 11.8 Å². The Balaban J connectivity index is 1.56. The number of benzene rings is 1. The minimum Gasteiger partial charge on any atom is -0.358 e. The number of aromatic nitrogens is 2. The van der Waals surface area contributed by atoms with Crippen molar-refractivity contribution in [3.8, 4) is 0 Å². The molecule has 0 saturated carbocycles. The first-order chi connectivity index (χ1) is 13.1. The molecule has 6 heteroatoms. The van der Waals surface area contributed by atoms with Crippen molar-refractivity contribution in [1.29, 1.82) is 0 Å². The Morgan fingerprint density at radius 2 is 2.07 bits per heavy atom. The summed E-state index contributed by atoms with van der Waals surface area (Å²) in [5.41, 5.74) is 5.17. The van der Waals surface area contributed by atoms with Crippen LogP contribution in [0.4, 0.5) is 11.5 Å². The molecule has 0 spiro atoms. The van der Waals surface area contributed by atoms with Crippen LogP contribution in [-0.2, 0) is 11.2 Å². The molecule has 0 unspecified atom stereocenters. The summed E-state index contributed by atoms with van der Waals surface area (Å²) in [6, 6.07) is 10.1. The SMILES string of the molecule is Cc1ccc2[nH]c(C)c(CC(=O)Nc3cccnc3N3CCSCC3)c2c1. The monoisotopic (exact) mass is 380 g/mol. The lowest BCUT2D eigenvalue weighted by atomic mass is 10.1. The molecule has 4 rings (SSSR count). The smallest absolute Gasteiger partial charge is 0.228 e. The fourth-order valence-corrected chi connectivity index (χ4v) is 4.50. The Kier molecular flexibility index (Phi) is 5.07. The summed E-state index contributed by atoms with van der Waals surface area (Å²) in [6.07, 6.45) is 2.14. The Morgan fingerprint density at radius 3 is 2.89 bits per heavy atom. The van der Waals surface area contributed by atoms with Crippen molar-refractivity contribution in [3.63, 3.8) is 0 Å². The molecule has 1 aliphatic heterocycles. The second-order valence-corrected chi connectivity index (χ2v) is 8.20. The van der Waals surface area contributed by atoms with E-state index in [9.17, 15) is 4.79 Å². The van der Waals surface area contributed by atoms with Gasteiger partial charge in [-0.15, -0.1) is 0 Å². The topological polar surface area (TPSA) is 61.0 Å². The van der Waals surface area contributed by atoms with Crippen LogP contribution in [0.25, 0.3) is 10.9 Å². The number of thioether (sulfide) groups is 1. The van der Waals surface area contributed by atoms with Crippen LogP contribution in [0.15, 0.2) is 36.5 Å². The lowest BCUT2D eigenvalue weighted by molar-refractivity contribution is -0.115. The summed E-state index contributed by atoms with van der Waals surface area (Å²) in [5, 5.41) is 4.22. The molecule has 2 aromatic heterocycles. The minimum absolute atomic E-state index is 0.0128. The van der Waals surface area contributed by atoms with Crippen molar-refractivity contribution < 1.29 is 4.79 Å². The van der Waals surface area contributed by atoms with E-state index in [1.807, 2.05) is 30.8 Å². The third-order valence-electron chi connectivity index (χ3n) is 4.98. The van der Waals surface area contributed by atoms with Gasteiger partial charge in [-0.3, -0.25) is 4.79 Å². The molecule has 5 nitrogen and oxygen atoms in total. The van der Waals surface area contributed by atoms with Crippen molar-refractivity contribution in [3.05, 3.63) is 53.3 Å². The fourth-order valence-electron chi connectivity index (χ4n) is 3.60. The molecule has 1 fully saturated rings. The number of amides is 1. The largest absolute Gasteiger partial charge is 0.358 e. The first-order valence-electron chi connectivity index (χ1n) is 9.27. The van der Waals surface area contributed by atoms with Gasteiger partial charge in [-0.2, -0.15) is 11.8 Å². The number of aryl methyl sites for hydroxylation is 2. The molecule has 140 valence electrons. The molecule has 2 N–H and O–H groups in total. The highest BCUT2D eigenvalue weighted by molar-refractivity contribution is 7.99. The third kappa shape index (κ3) is 3.81. The number of carbonyl (C=O) groups excluding carboxylic acids is 1. The molecule has 1 aromatic carbocycles. The number of hydrogen-bond donors (Lipinski definition) is 2. The normalized spacial score (nSPS) is 14.5. The van der Waals surface area contributed by atoms with Crippen molar-refractivity contribution >= 4 is 40.1 Å². The van der Waals surface area contributed by atoms with Crippen LogP contribution in [0.1, 0.15) is 16.8 Å².